The van der Waals surface area contributed by atoms with Crippen molar-refractivity contribution in [1.82, 2.24) is 5.32 Å². The molecule has 0 heterocycles. The van der Waals surface area contributed by atoms with Crippen molar-refractivity contribution in [2.24, 2.45) is 23.2 Å². The first-order valence-electron chi connectivity index (χ1n) is 7.91. The second-order valence-electron chi connectivity index (χ2n) is 7.38. The maximum absolute atomic E-state index is 12.8. The summed E-state index contributed by atoms with van der Waals surface area (Å²) in [7, 11) is 0. The molecule has 2 saturated carbocycles. The van der Waals surface area contributed by atoms with E-state index in [1.807, 2.05) is 13.8 Å². The Morgan fingerprint density at radius 1 is 1.09 bits per heavy atom. The summed E-state index contributed by atoms with van der Waals surface area (Å²) in [6.45, 7) is 5.29. The molecule has 0 bridgehead atoms. The van der Waals surface area contributed by atoms with E-state index in [1.165, 1.54) is 6.92 Å². The van der Waals surface area contributed by atoms with Crippen LogP contribution in [0, 0.1) is 23.2 Å². The zero-order valence-corrected chi connectivity index (χ0v) is 13.3. The maximum Gasteiger partial charge on any atom is 0.391 e. The lowest BCUT2D eigenvalue weighted by Gasteiger charge is -2.50. The van der Waals surface area contributed by atoms with Crippen LogP contribution in [-0.4, -0.2) is 23.9 Å². The number of hydrogen-bond donors (Lipinski definition) is 1. The lowest BCUT2D eigenvalue weighted by atomic mass is 9.53. The lowest BCUT2D eigenvalue weighted by Crippen LogP contribution is -2.56. The van der Waals surface area contributed by atoms with Gasteiger partial charge in [0.05, 0.1) is 5.92 Å². The molecule has 4 atom stereocenters. The maximum atomic E-state index is 12.8. The van der Waals surface area contributed by atoms with Gasteiger partial charge in [0.25, 0.3) is 0 Å². The van der Waals surface area contributed by atoms with Gasteiger partial charge in [-0.05, 0) is 38.0 Å². The number of amides is 1. The van der Waals surface area contributed by atoms with Crippen LogP contribution in [-0.2, 0) is 9.59 Å². The molecule has 0 aromatic carbocycles. The number of ketones is 1. The van der Waals surface area contributed by atoms with Crippen molar-refractivity contribution in [2.75, 3.05) is 0 Å². The van der Waals surface area contributed by atoms with Gasteiger partial charge in [0, 0.05) is 17.9 Å². The number of alkyl halides is 3. The number of carbonyl (C=O) groups is 2. The van der Waals surface area contributed by atoms with Gasteiger partial charge in [-0.2, -0.15) is 13.2 Å². The third-order valence-electron chi connectivity index (χ3n) is 5.56. The molecule has 3 nitrogen and oxygen atoms in total. The van der Waals surface area contributed by atoms with Gasteiger partial charge in [-0.15, -0.1) is 0 Å². The Hall–Kier alpha value is -1.07. The van der Waals surface area contributed by atoms with Gasteiger partial charge < -0.3 is 5.32 Å². The van der Waals surface area contributed by atoms with E-state index in [0.29, 0.717) is 19.3 Å². The highest BCUT2D eigenvalue weighted by molar-refractivity contribution is 5.87. The Balaban J connectivity index is 1.92. The van der Waals surface area contributed by atoms with Crippen molar-refractivity contribution in [3.05, 3.63) is 0 Å². The Kier molecular flexibility index (Phi) is 4.60. The lowest BCUT2D eigenvalue weighted by molar-refractivity contribution is -0.184. The van der Waals surface area contributed by atoms with Gasteiger partial charge in [0.2, 0.25) is 5.91 Å². The molecule has 0 aromatic heterocycles. The van der Waals surface area contributed by atoms with Crippen LogP contribution in [0.1, 0.15) is 52.9 Å². The van der Waals surface area contributed by atoms with E-state index in [1.54, 1.807) is 0 Å². The van der Waals surface area contributed by atoms with Crippen molar-refractivity contribution in [3.63, 3.8) is 0 Å². The summed E-state index contributed by atoms with van der Waals surface area (Å²) in [5.41, 5.74) is -0.409. The minimum Gasteiger partial charge on any atom is -0.353 e. The van der Waals surface area contributed by atoms with Crippen molar-refractivity contribution < 1.29 is 22.8 Å². The van der Waals surface area contributed by atoms with E-state index in [2.05, 4.69) is 5.32 Å². The number of hydrogen-bond acceptors (Lipinski definition) is 2. The molecule has 0 aromatic rings. The van der Waals surface area contributed by atoms with Crippen molar-refractivity contribution in [2.45, 2.75) is 65.1 Å². The van der Waals surface area contributed by atoms with Crippen LogP contribution >= 0.6 is 0 Å². The van der Waals surface area contributed by atoms with E-state index >= 15 is 0 Å². The third kappa shape index (κ3) is 3.30. The van der Waals surface area contributed by atoms with Crippen molar-refractivity contribution in [1.29, 1.82) is 0 Å². The van der Waals surface area contributed by atoms with Crippen LogP contribution in [0.15, 0.2) is 0 Å². The van der Waals surface area contributed by atoms with E-state index in [4.69, 9.17) is 0 Å². The fourth-order valence-electron chi connectivity index (χ4n) is 3.98. The number of carbonyl (C=O) groups excluding carboxylic acids is 2. The summed E-state index contributed by atoms with van der Waals surface area (Å²) < 4.78 is 38.4. The van der Waals surface area contributed by atoms with E-state index in [0.717, 1.165) is 0 Å². The number of halogens is 3. The van der Waals surface area contributed by atoms with Crippen molar-refractivity contribution in [3.8, 4) is 0 Å². The molecular formula is C16H24F3NO2. The number of Topliss-reactive ketones (excluding diaryl/α,β-unsaturated/α-hetero) is 1. The molecule has 22 heavy (non-hydrogen) atoms. The van der Waals surface area contributed by atoms with Gasteiger partial charge in [-0.1, -0.05) is 20.3 Å². The van der Waals surface area contributed by atoms with Gasteiger partial charge >= 0.3 is 6.18 Å². The van der Waals surface area contributed by atoms with Crippen molar-refractivity contribution >= 4 is 11.7 Å². The summed E-state index contributed by atoms with van der Waals surface area (Å²) in [6.07, 6.45) is -2.47. The fraction of sp³-hybridized carbons (Fsp3) is 0.875. The first-order chi connectivity index (χ1) is 10.0. The van der Waals surface area contributed by atoms with E-state index < -0.39 is 23.6 Å². The van der Waals surface area contributed by atoms with Crippen LogP contribution in [0.3, 0.4) is 0 Å². The fourth-order valence-corrected chi connectivity index (χ4v) is 3.98. The number of nitrogens with one attached hydrogen (secondary N) is 1. The Morgan fingerprint density at radius 3 is 2.23 bits per heavy atom. The molecule has 6 heteroatoms. The zero-order chi connectivity index (χ0) is 16.7. The summed E-state index contributed by atoms with van der Waals surface area (Å²) in [6, 6.07) is -0.403. The zero-order valence-electron chi connectivity index (χ0n) is 13.3. The highest BCUT2D eigenvalue weighted by atomic mass is 19.4. The first-order valence-corrected chi connectivity index (χ1v) is 7.91. The summed E-state index contributed by atoms with van der Waals surface area (Å²) in [4.78, 5) is 23.8. The average Bonchev–Trinajstić information content (AvgIpc) is 2.36. The smallest absolute Gasteiger partial charge is 0.353 e. The predicted molar refractivity (Wildman–Crippen MR) is 76.0 cm³/mol. The molecule has 0 saturated heterocycles. The quantitative estimate of drug-likeness (QED) is 0.866. The van der Waals surface area contributed by atoms with Gasteiger partial charge in [-0.25, -0.2) is 0 Å². The second-order valence-corrected chi connectivity index (χ2v) is 7.38. The Labute approximate surface area is 129 Å². The molecule has 2 rings (SSSR count). The average molecular weight is 319 g/mol. The minimum atomic E-state index is -4.18. The largest absolute Gasteiger partial charge is 0.391 e. The SMILES string of the molecule is CC(=O)[C@@H]1C[C@H](C(=O)N[C@H]2CCC[C@H](C(F)(F)F)C2)C1(C)C. The van der Waals surface area contributed by atoms with Gasteiger partial charge in [0.1, 0.15) is 5.78 Å². The van der Waals surface area contributed by atoms with Crippen LogP contribution in [0.25, 0.3) is 0 Å². The van der Waals surface area contributed by atoms with Gasteiger partial charge in [0.15, 0.2) is 0 Å². The molecular weight excluding hydrogens is 295 g/mol. The second kappa shape index (κ2) is 5.85. The third-order valence-corrected chi connectivity index (χ3v) is 5.56. The minimum absolute atomic E-state index is 0.0292. The molecule has 1 N–H and O–H groups in total. The predicted octanol–water partition coefficient (Wildman–Crippen LogP) is 3.48. The topological polar surface area (TPSA) is 46.2 Å². The molecule has 0 aliphatic heterocycles. The number of rotatable bonds is 3. The molecule has 0 radical (unpaired) electrons. The first kappa shape index (κ1) is 17.3. The molecule has 0 spiro atoms. The van der Waals surface area contributed by atoms with Crippen LogP contribution < -0.4 is 5.32 Å². The summed E-state index contributed by atoms with van der Waals surface area (Å²) >= 11 is 0. The molecule has 1 amide bonds. The highest BCUT2D eigenvalue weighted by Crippen LogP contribution is 2.51. The summed E-state index contributed by atoms with van der Waals surface area (Å²) in [5, 5.41) is 2.79. The molecule has 2 aliphatic carbocycles. The van der Waals surface area contributed by atoms with E-state index in [9.17, 15) is 22.8 Å². The Morgan fingerprint density at radius 2 is 1.73 bits per heavy atom. The molecule has 2 fully saturated rings. The molecule has 2 aliphatic rings. The standard InChI is InChI=1S/C16H24F3NO2/c1-9(21)12-8-13(15(12,2)3)14(22)20-11-6-4-5-10(7-11)16(17,18)19/h10-13H,4-8H2,1-3H3,(H,20,22)/t10-,11-,12-,13+/m0/s1. The summed E-state index contributed by atoms with van der Waals surface area (Å²) in [5.74, 6) is -1.85. The van der Waals surface area contributed by atoms with Crippen LogP contribution in [0.4, 0.5) is 13.2 Å². The highest BCUT2D eigenvalue weighted by Gasteiger charge is 2.54. The van der Waals surface area contributed by atoms with E-state index in [-0.39, 0.29) is 36.4 Å². The Bertz CT molecular complexity index is 459. The molecule has 0 unspecified atom stereocenters. The van der Waals surface area contributed by atoms with Crippen LogP contribution in [0.5, 0.6) is 0 Å². The normalized spacial score (nSPS) is 34.6. The van der Waals surface area contributed by atoms with Gasteiger partial charge in [-0.3, -0.25) is 9.59 Å². The van der Waals surface area contributed by atoms with Crippen LogP contribution in [0.2, 0.25) is 0 Å². The molecule has 126 valence electrons. The monoisotopic (exact) mass is 319 g/mol.